The highest BCUT2D eigenvalue weighted by Crippen LogP contribution is 2.29. The summed E-state index contributed by atoms with van der Waals surface area (Å²) in [5, 5.41) is 5.99. The monoisotopic (exact) mass is 281 g/mol. The van der Waals surface area contributed by atoms with Crippen LogP contribution >= 0.6 is 11.3 Å². The quantitative estimate of drug-likeness (QED) is 0.870. The molecular formula is C14H23N3OS. The number of nitrogens with two attached hydrogens (primary N) is 1. The maximum Gasteiger partial charge on any atom is 0.271 e. The minimum absolute atomic E-state index is 0.0707. The lowest BCUT2D eigenvalue weighted by molar-refractivity contribution is 0.0898. The minimum Gasteiger partial charge on any atom is -0.344 e. The number of amides is 1. The number of nitrogens with one attached hydrogen (secondary N) is 1. The summed E-state index contributed by atoms with van der Waals surface area (Å²) in [5.41, 5.74) is 6.18. The van der Waals surface area contributed by atoms with E-state index in [4.69, 9.17) is 5.73 Å². The fourth-order valence-electron chi connectivity index (χ4n) is 2.59. The minimum atomic E-state index is -0.196. The third kappa shape index (κ3) is 3.54. The summed E-state index contributed by atoms with van der Waals surface area (Å²) in [6.07, 6.45) is 5.19. The molecule has 5 heteroatoms. The summed E-state index contributed by atoms with van der Waals surface area (Å²) in [6.45, 7) is 4.83. The Morgan fingerprint density at radius 1 is 1.53 bits per heavy atom. The zero-order valence-electron chi connectivity index (χ0n) is 11.7. The molecule has 1 saturated carbocycles. The Morgan fingerprint density at radius 2 is 2.21 bits per heavy atom. The zero-order chi connectivity index (χ0) is 13.9. The van der Waals surface area contributed by atoms with Gasteiger partial charge in [0.05, 0.1) is 10.5 Å². The molecule has 1 heterocycles. The van der Waals surface area contributed by atoms with E-state index in [1.54, 1.807) is 11.3 Å². The average Bonchev–Trinajstić information content (AvgIpc) is 2.98. The van der Waals surface area contributed by atoms with Crippen molar-refractivity contribution in [3.63, 3.8) is 0 Å². The average molecular weight is 281 g/mol. The molecule has 1 aliphatic rings. The highest BCUT2D eigenvalue weighted by molar-refractivity contribution is 7.09. The lowest BCUT2D eigenvalue weighted by atomic mass is 9.98. The van der Waals surface area contributed by atoms with Gasteiger partial charge in [-0.1, -0.05) is 26.7 Å². The third-order valence-electron chi connectivity index (χ3n) is 3.70. The Balaban J connectivity index is 2.01. The van der Waals surface area contributed by atoms with Crippen LogP contribution in [0, 0.1) is 5.92 Å². The number of rotatable bonds is 5. The first-order chi connectivity index (χ1) is 9.04. The summed E-state index contributed by atoms with van der Waals surface area (Å²) in [6, 6.07) is 0. The van der Waals surface area contributed by atoms with E-state index in [0.29, 0.717) is 18.2 Å². The number of carbonyl (C=O) groups excluding carboxylic acids is 1. The van der Waals surface area contributed by atoms with Crippen molar-refractivity contribution in [3.8, 4) is 0 Å². The van der Waals surface area contributed by atoms with Crippen LogP contribution < -0.4 is 11.1 Å². The van der Waals surface area contributed by atoms with E-state index < -0.39 is 0 Å². The van der Waals surface area contributed by atoms with Crippen molar-refractivity contribution >= 4 is 17.2 Å². The third-order valence-corrected chi connectivity index (χ3v) is 4.57. The van der Waals surface area contributed by atoms with Gasteiger partial charge in [0.1, 0.15) is 5.69 Å². The van der Waals surface area contributed by atoms with Gasteiger partial charge in [-0.2, -0.15) is 0 Å². The second-order valence-electron chi connectivity index (χ2n) is 5.87. The maximum atomic E-state index is 12.2. The predicted octanol–water partition coefficient (Wildman–Crippen LogP) is 2.34. The summed E-state index contributed by atoms with van der Waals surface area (Å²) >= 11 is 1.57. The van der Waals surface area contributed by atoms with Crippen LogP contribution in [0.25, 0.3) is 0 Å². The lowest BCUT2D eigenvalue weighted by Crippen LogP contribution is -2.51. The fourth-order valence-corrected chi connectivity index (χ4v) is 3.58. The largest absolute Gasteiger partial charge is 0.344 e. The van der Waals surface area contributed by atoms with Crippen LogP contribution in [0.5, 0.6) is 0 Å². The van der Waals surface area contributed by atoms with E-state index in [-0.39, 0.29) is 11.4 Å². The Bertz CT molecular complexity index is 436. The Hall–Kier alpha value is -0.940. The van der Waals surface area contributed by atoms with Crippen LogP contribution in [0.4, 0.5) is 0 Å². The molecule has 19 heavy (non-hydrogen) atoms. The second kappa shape index (κ2) is 6.01. The summed E-state index contributed by atoms with van der Waals surface area (Å²) in [5.74, 6) is 0.492. The Labute approximate surface area is 118 Å². The molecule has 2 rings (SSSR count). The Kier molecular flexibility index (Phi) is 4.58. The van der Waals surface area contributed by atoms with Crippen molar-refractivity contribution in [2.75, 3.05) is 6.54 Å². The van der Waals surface area contributed by atoms with Crippen molar-refractivity contribution in [1.82, 2.24) is 10.3 Å². The molecule has 4 nitrogen and oxygen atoms in total. The molecule has 1 aliphatic carbocycles. The van der Waals surface area contributed by atoms with E-state index >= 15 is 0 Å². The van der Waals surface area contributed by atoms with Crippen molar-refractivity contribution < 1.29 is 4.79 Å². The van der Waals surface area contributed by atoms with Gasteiger partial charge in [-0.05, 0) is 18.8 Å². The number of nitrogens with zero attached hydrogens (tertiary/aromatic N) is 1. The normalized spacial score (nSPS) is 17.9. The van der Waals surface area contributed by atoms with Crippen LogP contribution in [-0.2, 0) is 6.42 Å². The fraction of sp³-hybridized carbons (Fsp3) is 0.714. The standard InChI is InChI=1S/C14H23N3OS/c1-10(2)7-12-16-11(8-19-12)13(18)17-14(9-15)5-3-4-6-14/h8,10H,3-7,9,15H2,1-2H3,(H,17,18). The van der Waals surface area contributed by atoms with Gasteiger partial charge >= 0.3 is 0 Å². The molecular weight excluding hydrogens is 258 g/mol. The van der Waals surface area contributed by atoms with Crippen LogP contribution in [0.15, 0.2) is 5.38 Å². The van der Waals surface area contributed by atoms with Crippen molar-refractivity contribution in [3.05, 3.63) is 16.1 Å². The first kappa shape index (κ1) is 14.5. The highest BCUT2D eigenvalue weighted by atomic mass is 32.1. The van der Waals surface area contributed by atoms with Gasteiger partial charge in [-0.3, -0.25) is 4.79 Å². The van der Waals surface area contributed by atoms with Gasteiger partial charge in [0.25, 0.3) is 5.91 Å². The van der Waals surface area contributed by atoms with Gasteiger partial charge in [0, 0.05) is 18.3 Å². The molecule has 0 radical (unpaired) electrons. The van der Waals surface area contributed by atoms with E-state index in [0.717, 1.165) is 37.1 Å². The van der Waals surface area contributed by atoms with Crippen molar-refractivity contribution in [2.45, 2.75) is 51.5 Å². The number of aromatic nitrogens is 1. The van der Waals surface area contributed by atoms with Gasteiger partial charge in [-0.25, -0.2) is 4.98 Å². The number of hydrogen-bond acceptors (Lipinski definition) is 4. The molecule has 0 spiro atoms. The van der Waals surface area contributed by atoms with Crippen LogP contribution in [0.1, 0.15) is 55.0 Å². The zero-order valence-corrected chi connectivity index (χ0v) is 12.6. The summed E-state index contributed by atoms with van der Waals surface area (Å²) in [7, 11) is 0. The second-order valence-corrected chi connectivity index (χ2v) is 6.81. The van der Waals surface area contributed by atoms with Crippen LogP contribution in [-0.4, -0.2) is 23.0 Å². The molecule has 0 aromatic carbocycles. The number of hydrogen-bond donors (Lipinski definition) is 2. The molecule has 0 bridgehead atoms. The van der Waals surface area contributed by atoms with Crippen molar-refractivity contribution in [2.24, 2.45) is 11.7 Å². The topological polar surface area (TPSA) is 68.0 Å². The maximum absolute atomic E-state index is 12.2. The number of thiazole rings is 1. The first-order valence-corrected chi connectivity index (χ1v) is 7.89. The first-order valence-electron chi connectivity index (χ1n) is 7.02. The van der Waals surface area contributed by atoms with Crippen molar-refractivity contribution in [1.29, 1.82) is 0 Å². The number of carbonyl (C=O) groups is 1. The molecule has 3 N–H and O–H groups in total. The molecule has 0 saturated heterocycles. The van der Waals surface area contributed by atoms with Crippen LogP contribution in [0.2, 0.25) is 0 Å². The molecule has 1 aromatic rings. The molecule has 1 aromatic heterocycles. The molecule has 106 valence electrons. The Morgan fingerprint density at radius 3 is 2.79 bits per heavy atom. The van der Waals surface area contributed by atoms with Gasteiger partial charge in [-0.15, -0.1) is 11.3 Å². The van der Waals surface area contributed by atoms with Crippen LogP contribution in [0.3, 0.4) is 0 Å². The molecule has 1 fully saturated rings. The predicted molar refractivity (Wildman–Crippen MR) is 78.4 cm³/mol. The molecule has 0 atom stereocenters. The van der Waals surface area contributed by atoms with E-state index in [2.05, 4.69) is 24.1 Å². The van der Waals surface area contributed by atoms with E-state index in [9.17, 15) is 4.79 Å². The van der Waals surface area contributed by atoms with Gasteiger partial charge < -0.3 is 11.1 Å². The smallest absolute Gasteiger partial charge is 0.271 e. The molecule has 0 unspecified atom stereocenters. The molecule has 1 amide bonds. The van der Waals surface area contributed by atoms with Gasteiger partial charge in [0.15, 0.2) is 0 Å². The van der Waals surface area contributed by atoms with Gasteiger partial charge in [0.2, 0.25) is 0 Å². The highest BCUT2D eigenvalue weighted by Gasteiger charge is 2.34. The van der Waals surface area contributed by atoms with E-state index in [1.807, 2.05) is 5.38 Å². The summed E-state index contributed by atoms with van der Waals surface area (Å²) in [4.78, 5) is 16.7. The molecule has 0 aliphatic heterocycles. The lowest BCUT2D eigenvalue weighted by Gasteiger charge is -2.28. The SMILES string of the molecule is CC(C)Cc1nc(C(=O)NC2(CN)CCCC2)cs1. The van der Waals surface area contributed by atoms with E-state index in [1.165, 1.54) is 0 Å². The summed E-state index contributed by atoms with van der Waals surface area (Å²) < 4.78 is 0.